The Labute approximate surface area is 125 Å². The van der Waals surface area contributed by atoms with Crippen molar-refractivity contribution in [1.29, 1.82) is 0 Å². The summed E-state index contributed by atoms with van der Waals surface area (Å²) in [5, 5.41) is 5.74. The van der Waals surface area contributed by atoms with E-state index in [4.69, 9.17) is 4.74 Å². The van der Waals surface area contributed by atoms with Gasteiger partial charge in [-0.2, -0.15) is 0 Å². The first-order valence-corrected chi connectivity index (χ1v) is 7.20. The Morgan fingerprint density at radius 1 is 0.857 bits per heavy atom. The van der Waals surface area contributed by atoms with Crippen molar-refractivity contribution in [3.63, 3.8) is 0 Å². The van der Waals surface area contributed by atoms with Crippen LogP contribution >= 0.6 is 0 Å². The Kier molecular flexibility index (Phi) is 4.17. The molecule has 3 rings (SSSR count). The van der Waals surface area contributed by atoms with Crippen molar-refractivity contribution in [3.05, 3.63) is 78.4 Å². The zero-order valence-corrected chi connectivity index (χ0v) is 12.1. The van der Waals surface area contributed by atoms with Crippen LogP contribution in [-0.4, -0.2) is 13.7 Å². The second-order valence-corrected chi connectivity index (χ2v) is 5.07. The van der Waals surface area contributed by atoms with E-state index in [1.54, 1.807) is 0 Å². The maximum atomic E-state index is 5.96. The summed E-state index contributed by atoms with van der Waals surface area (Å²) >= 11 is 0. The molecule has 0 aromatic heterocycles. The Hall–Kier alpha value is -2.32. The Bertz CT molecular complexity index is 709. The monoisotopic (exact) mass is 277 g/mol. The van der Waals surface area contributed by atoms with E-state index in [0.717, 1.165) is 5.75 Å². The summed E-state index contributed by atoms with van der Waals surface area (Å²) in [6, 6.07) is 25.1. The second-order valence-electron chi connectivity index (χ2n) is 5.07. The van der Waals surface area contributed by atoms with Gasteiger partial charge in [-0.15, -0.1) is 0 Å². The van der Waals surface area contributed by atoms with E-state index in [-0.39, 0.29) is 6.04 Å². The summed E-state index contributed by atoms with van der Waals surface area (Å²) in [6.45, 7) is 0.610. The first kappa shape index (κ1) is 13.7. The van der Waals surface area contributed by atoms with Crippen molar-refractivity contribution in [3.8, 4) is 5.75 Å². The van der Waals surface area contributed by atoms with Crippen molar-refractivity contribution in [2.45, 2.75) is 6.04 Å². The first-order chi connectivity index (χ1) is 10.4. The quantitative estimate of drug-likeness (QED) is 0.755. The predicted octanol–water partition coefficient (Wildman–Crippen LogP) is 4.18. The summed E-state index contributed by atoms with van der Waals surface area (Å²) in [6.07, 6.45) is 0. The lowest BCUT2D eigenvalue weighted by molar-refractivity contribution is 0.273. The normalized spacial score (nSPS) is 12.2. The zero-order chi connectivity index (χ0) is 14.5. The molecule has 0 heterocycles. The molecule has 21 heavy (non-hydrogen) atoms. The third kappa shape index (κ3) is 3.23. The number of ether oxygens (including phenoxy) is 1. The Balaban J connectivity index is 1.73. The van der Waals surface area contributed by atoms with E-state index in [1.165, 1.54) is 16.3 Å². The molecule has 0 aliphatic rings. The molecule has 0 aliphatic carbocycles. The standard InChI is InChI=1S/C19H19NO/c1-20-19(16-8-3-2-4-9-16)14-21-18-12-11-15-7-5-6-10-17(15)13-18/h2-13,19-20H,14H2,1H3. The number of nitrogens with one attached hydrogen (secondary N) is 1. The molecule has 3 aromatic rings. The fourth-order valence-electron chi connectivity index (χ4n) is 2.47. The smallest absolute Gasteiger partial charge is 0.120 e. The molecule has 0 spiro atoms. The highest BCUT2D eigenvalue weighted by Crippen LogP contribution is 2.22. The lowest BCUT2D eigenvalue weighted by atomic mass is 10.1. The molecule has 0 radical (unpaired) electrons. The van der Waals surface area contributed by atoms with Gasteiger partial charge < -0.3 is 10.1 Å². The van der Waals surface area contributed by atoms with E-state index in [0.29, 0.717) is 6.61 Å². The molecular formula is C19H19NO. The molecule has 0 fully saturated rings. The summed E-state index contributed by atoms with van der Waals surface area (Å²) < 4.78 is 5.96. The molecule has 0 saturated heterocycles. The third-order valence-corrected chi connectivity index (χ3v) is 3.69. The van der Waals surface area contributed by atoms with Gasteiger partial charge in [-0.05, 0) is 35.5 Å². The SMILES string of the molecule is CNC(COc1ccc2ccccc2c1)c1ccccc1. The molecule has 3 aromatic carbocycles. The summed E-state index contributed by atoms with van der Waals surface area (Å²) in [5.74, 6) is 0.907. The summed E-state index contributed by atoms with van der Waals surface area (Å²) in [7, 11) is 1.96. The maximum Gasteiger partial charge on any atom is 0.120 e. The van der Waals surface area contributed by atoms with Gasteiger partial charge in [0.05, 0.1) is 6.04 Å². The molecule has 1 unspecified atom stereocenters. The molecule has 2 nitrogen and oxygen atoms in total. The van der Waals surface area contributed by atoms with E-state index in [9.17, 15) is 0 Å². The average molecular weight is 277 g/mol. The van der Waals surface area contributed by atoms with Crippen molar-refractivity contribution in [2.75, 3.05) is 13.7 Å². The van der Waals surface area contributed by atoms with Gasteiger partial charge >= 0.3 is 0 Å². The number of hydrogen-bond acceptors (Lipinski definition) is 2. The topological polar surface area (TPSA) is 21.3 Å². The van der Waals surface area contributed by atoms with Crippen LogP contribution in [0.25, 0.3) is 10.8 Å². The van der Waals surface area contributed by atoms with Crippen molar-refractivity contribution < 1.29 is 4.74 Å². The highest BCUT2D eigenvalue weighted by Gasteiger charge is 2.09. The highest BCUT2D eigenvalue weighted by molar-refractivity contribution is 5.83. The average Bonchev–Trinajstić information content (AvgIpc) is 2.56. The molecular weight excluding hydrogens is 258 g/mol. The van der Waals surface area contributed by atoms with Gasteiger partial charge in [0.2, 0.25) is 0 Å². The largest absolute Gasteiger partial charge is 0.492 e. The number of fused-ring (bicyclic) bond motifs is 1. The van der Waals surface area contributed by atoms with Crippen molar-refractivity contribution in [1.82, 2.24) is 5.32 Å². The molecule has 0 amide bonds. The minimum Gasteiger partial charge on any atom is -0.492 e. The molecule has 0 saturated carbocycles. The molecule has 2 heteroatoms. The van der Waals surface area contributed by atoms with E-state index in [1.807, 2.05) is 25.2 Å². The van der Waals surface area contributed by atoms with Gasteiger partial charge in [0.25, 0.3) is 0 Å². The molecule has 106 valence electrons. The zero-order valence-electron chi connectivity index (χ0n) is 12.1. The van der Waals surface area contributed by atoms with E-state index in [2.05, 4.69) is 59.9 Å². The van der Waals surface area contributed by atoms with Crippen molar-refractivity contribution >= 4 is 10.8 Å². The van der Waals surface area contributed by atoms with Gasteiger partial charge in [0.15, 0.2) is 0 Å². The van der Waals surface area contributed by atoms with Crippen LogP contribution in [0.3, 0.4) is 0 Å². The van der Waals surface area contributed by atoms with Crippen LogP contribution < -0.4 is 10.1 Å². The van der Waals surface area contributed by atoms with Crippen LogP contribution in [0.2, 0.25) is 0 Å². The molecule has 0 bridgehead atoms. The fourth-order valence-corrected chi connectivity index (χ4v) is 2.47. The van der Waals surface area contributed by atoms with Crippen LogP contribution in [0.5, 0.6) is 5.75 Å². The Morgan fingerprint density at radius 2 is 1.57 bits per heavy atom. The van der Waals surface area contributed by atoms with Crippen molar-refractivity contribution in [2.24, 2.45) is 0 Å². The second kappa shape index (κ2) is 6.42. The van der Waals surface area contributed by atoms with E-state index >= 15 is 0 Å². The van der Waals surface area contributed by atoms with Gasteiger partial charge in [-0.3, -0.25) is 0 Å². The third-order valence-electron chi connectivity index (χ3n) is 3.69. The van der Waals surface area contributed by atoms with Crippen LogP contribution in [0.15, 0.2) is 72.8 Å². The predicted molar refractivity (Wildman–Crippen MR) is 87.7 cm³/mol. The van der Waals surface area contributed by atoms with Crippen LogP contribution in [0.1, 0.15) is 11.6 Å². The summed E-state index contributed by atoms with van der Waals surface area (Å²) in [4.78, 5) is 0. The number of likely N-dealkylation sites (N-methyl/N-ethyl adjacent to an activating group) is 1. The number of rotatable bonds is 5. The van der Waals surface area contributed by atoms with Crippen LogP contribution in [0, 0.1) is 0 Å². The lowest BCUT2D eigenvalue weighted by Gasteiger charge is -2.17. The first-order valence-electron chi connectivity index (χ1n) is 7.20. The number of hydrogen-bond donors (Lipinski definition) is 1. The number of benzene rings is 3. The minimum absolute atomic E-state index is 0.192. The van der Waals surface area contributed by atoms with E-state index < -0.39 is 0 Å². The lowest BCUT2D eigenvalue weighted by Crippen LogP contribution is -2.23. The van der Waals surface area contributed by atoms with Gasteiger partial charge in [-0.25, -0.2) is 0 Å². The summed E-state index contributed by atoms with van der Waals surface area (Å²) in [5.41, 5.74) is 1.24. The van der Waals surface area contributed by atoms with Crippen LogP contribution in [-0.2, 0) is 0 Å². The fraction of sp³-hybridized carbons (Fsp3) is 0.158. The molecule has 1 atom stereocenters. The van der Waals surface area contributed by atoms with Gasteiger partial charge in [0, 0.05) is 0 Å². The maximum absolute atomic E-state index is 5.96. The molecule has 1 N–H and O–H groups in total. The Morgan fingerprint density at radius 3 is 2.33 bits per heavy atom. The highest BCUT2D eigenvalue weighted by atomic mass is 16.5. The van der Waals surface area contributed by atoms with Crippen LogP contribution in [0.4, 0.5) is 0 Å². The van der Waals surface area contributed by atoms with Gasteiger partial charge in [-0.1, -0.05) is 60.7 Å². The minimum atomic E-state index is 0.192. The van der Waals surface area contributed by atoms with Gasteiger partial charge in [0.1, 0.15) is 12.4 Å². The molecule has 0 aliphatic heterocycles.